The molecule has 0 aliphatic carbocycles. The molecule has 0 aliphatic rings. The third-order valence-corrected chi connectivity index (χ3v) is 3.13. The largest absolute Gasteiger partial charge is 0.354 e. The summed E-state index contributed by atoms with van der Waals surface area (Å²) in [5.74, 6) is 0.711. The molecule has 0 radical (unpaired) electrons. The van der Waals surface area contributed by atoms with Crippen molar-refractivity contribution in [2.24, 2.45) is 0 Å². The van der Waals surface area contributed by atoms with Crippen LogP contribution in [0.3, 0.4) is 0 Å². The van der Waals surface area contributed by atoms with Crippen molar-refractivity contribution >= 4 is 21.7 Å². The van der Waals surface area contributed by atoms with E-state index in [2.05, 4.69) is 39.1 Å². The van der Waals surface area contributed by atoms with E-state index in [-0.39, 0.29) is 0 Å². The van der Waals surface area contributed by atoms with Gasteiger partial charge >= 0.3 is 0 Å². The molecule has 0 saturated heterocycles. The normalized spacial score (nSPS) is 9.83. The minimum atomic E-state index is 0.595. The van der Waals surface area contributed by atoms with Crippen LogP contribution in [0.4, 0.5) is 5.82 Å². The molecule has 0 amide bonds. The summed E-state index contributed by atoms with van der Waals surface area (Å²) in [4.78, 5) is 6.23. The van der Waals surface area contributed by atoms with E-state index in [0.29, 0.717) is 11.4 Å². The fourth-order valence-corrected chi connectivity index (χ4v) is 1.99. The van der Waals surface area contributed by atoms with E-state index in [1.54, 1.807) is 18.3 Å². The number of benzene rings is 1. The Labute approximate surface area is 115 Å². The van der Waals surface area contributed by atoms with Crippen LogP contribution in [0, 0.1) is 11.3 Å². The Bertz CT molecular complexity index is 572. The lowest BCUT2D eigenvalue weighted by Crippen LogP contribution is -2.18. The average Bonchev–Trinajstić information content (AvgIpc) is 2.41. The van der Waals surface area contributed by atoms with Crippen molar-refractivity contribution < 1.29 is 0 Å². The number of anilines is 1. The third kappa shape index (κ3) is 2.88. The molecule has 2 rings (SSSR count). The molecule has 90 valence electrons. The van der Waals surface area contributed by atoms with E-state index < -0.39 is 0 Å². The predicted molar refractivity (Wildman–Crippen MR) is 75.2 cm³/mol. The van der Waals surface area contributed by atoms with Gasteiger partial charge in [0.1, 0.15) is 11.9 Å². The van der Waals surface area contributed by atoms with Crippen molar-refractivity contribution in [2.75, 3.05) is 11.9 Å². The zero-order valence-corrected chi connectivity index (χ0v) is 11.6. The molecule has 0 N–H and O–H groups in total. The molecule has 0 bridgehead atoms. The summed E-state index contributed by atoms with van der Waals surface area (Å²) >= 11 is 3.41. The van der Waals surface area contributed by atoms with Crippen LogP contribution >= 0.6 is 15.9 Å². The molecule has 0 fully saturated rings. The summed E-state index contributed by atoms with van der Waals surface area (Å²) in [6.45, 7) is 0.721. The highest BCUT2D eigenvalue weighted by Crippen LogP contribution is 2.18. The van der Waals surface area contributed by atoms with E-state index in [1.807, 2.05) is 24.1 Å². The van der Waals surface area contributed by atoms with Gasteiger partial charge in [0.15, 0.2) is 0 Å². The number of pyridine rings is 1. The van der Waals surface area contributed by atoms with Gasteiger partial charge in [0.25, 0.3) is 0 Å². The van der Waals surface area contributed by atoms with Crippen molar-refractivity contribution in [2.45, 2.75) is 6.54 Å². The number of hydrogen-bond donors (Lipinski definition) is 0. The van der Waals surface area contributed by atoms with Gasteiger partial charge in [-0.3, -0.25) is 0 Å². The van der Waals surface area contributed by atoms with Crippen LogP contribution in [0.15, 0.2) is 47.1 Å². The Morgan fingerprint density at radius 3 is 2.67 bits per heavy atom. The van der Waals surface area contributed by atoms with Gasteiger partial charge in [0, 0.05) is 24.3 Å². The quantitative estimate of drug-likeness (QED) is 0.873. The van der Waals surface area contributed by atoms with Gasteiger partial charge < -0.3 is 4.90 Å². The Morgan fingerprint density at radius 2 is 2.00 bits per heavy atom. The van der Waals surface area contributed by atoms with E-state index >= 15 is 0 Å². The van der Waals surface area contributed by atoms with E-state index in [1.165, 1.54) is 5.56 Å². The van der Waals surface area contributed by atoms with Crippen LogP contribution in [0.25, 0.3) is 0 Å². The Hall–Kier alpha value is -1.86. The number of aromatic nitrogens is 1. The second-order valence-electron chi connectivity index (χ2n) is 3.97. The molecular weight excluding hydrogens is 290 g/mol. The molecule has 0 saturated carbocycles. The molecule has 0 aliphatic heterocycles. The maximum Gasteiger partial charge on any atom is 0.146 e. The van der Waals surface area contributed by atoms with Crippen molar-refractivity contribution in [3.05, 3.63) is 58.2 Å². The Balaban J connectivity index is 2.19. The van der Waals surface area contributed by atoms with Crippen molar-refractivity contribution in [1.82, 2.24) is 4.98 Å². The monoisotopic (exact) mass is 301 g/mol. The molecule has 4 heteroatoms. The highest BCUT2D eigenvalue weighted by Gasteiger charge is 2.08. The van der Waals surface area contributed by atoms with E-state index in [9.17, 15) is 0 Å². The standard InChI is InChI=1S/C14H12BrN3/c1-18(10-11-4-6-13(15)7-5-11)14-12(9-16)3-2-8-17-14/h2-8H,10H2,1H3. The van der Waals surface area contributed by atoms with E-state index in [4.69, 9.17) is 5.26 Å². The lowest BCUT2D eigenvalue weighted by atomic mass is 10.2. The first-order valence-corrected chi connectivity index (χ1v) is 6.30. The van der Waals surface area contributed by atoms with Crippen LogP contribution in [0.5, 0.6) is 0 Å². The molecule has 1 aromatic heterocycles. The molecule has 0 spiro atoms. The fourth-order valence-electron chi connectivity index (χ4n) is 1.73. The lowest BCUT2D eigenvalue weighted by Gasteiger charge is -2.19. The molecule has 0 unspecified atom stereocenters. The molecule has 0 atom stereocenters. The summed E-state index contributed by atoms with van der Waals surface area (Å²) in [7, 11) is 1.94. The van der Waals surface area contributed by atoms with Gasteiger partial charge in [-0.05, 0) is 29.8 Å². The van der Waals surface area contributed by atoms with Crippen molar-refractivity contribution in [3.8, 4) is 6.07 Å². The molecular formula is C14H12BrN3. The molecule has 3 nitrogen and oxygen atoms in total. The van der Waals surface area contributed by atoms with Crippen LogP contribution < -0.4 is 4.90 Å². The first kappa shape index (κ1) is 12.6. The summed E-state index contributed by atoms with van der Waals surface area (Å²) in [6.07, 6.45) is 1.70. The molecule has 2 aromatic rings. The van der Waals surface area contributed by atoms with Crippen molar-refractivity contribution in [1.29, 1.82) is 5.26 Å². The Kier molecular flexibility index (Phi) is 3.96. The second-order valence-corrected chi connectivity index (χ2v) is 4.88. The molecule has 18 heavy (non-hydrogen) atoms. The van der Waals surface area contributed by atoms with Gasteiger partial charge in [-0.25, -0.2) is 4.98 Å². The van der Waals surface area contributed by atoms with E-state index in [0.717, 1.165) is 11.0 Å². The SMILES string of the molecule is CN(Cc1ccc(Br)cc1)c1ncccc1C#N. The van der Waals surface area contributed by atoms with Crippen molar-refractivity contribution in [3.63, 3.8) is 0 Å². The van der Waals surface area contributed by atoms with Gasteiger partial charge in [-0.2, -0.15) is 5.26 Å². The number of hydrogen-bond acceptors (Lipinski definition) is 3. The highest BCUT2D eigenvalue weighted by molar-refractivity contribution is 9.10. The van der Waals surface area contributed by atoms with Gasteiger partial charge in [0.2, 0.25) is 0 Å². The third-order valence-electron chi connectivity index (χ3n) is 2.60. The molecule has 1 aromatic carbocycles. The lowest BCUT2D eigenvalue weighted by molar-refractivity contribution is 0.895. The maximum absolute atomic E-state index is 9.05. The van der Waals surface area contributed by atoms with Crippen LogP contribution in [-0.4, -0.2) is 12.0 Å². The number of rotatable bonds is 3. The predicted octanol–water partition coefficient (Wildman–Crippen LogP) is 3.35. The zero-order valence-electron chi connectivity index (χ0n) is 9.97. The first-order chi connectivity index (χ1) is 8.70. The highest BCUT2D eigenvalue weighted by atomic mass is 79.9. The smallest absolute Gasteiger partial charge is 0.146 e. The number of nitriles is 1. The van der Waals surface area contributed by atoms with Crippen LogP contribution in [0.1, 0.15) is 11.1 Å². The average molecular weight is 302 g/mol. The van der Waals surface area contributed by atoms with Gasteiger partial charge in [0.05, 0.1) is 5.56 Å². The first-order valence-electron chi connectivity index (χ1n) is 5.51. The zero-order chi connectivity index (χ0) is 13.0. The van der Waals surface area contributed by atoms with Crippen LogP contribution in [-0.2, 0) is 6.54 Å². The maximum atomic E-state index is 9.05. The minimum absolute atomic E-state index is 0.595. The summed E-state index contributed by atoms with van der Waals surface area (Å²) in [5, 5.41) is 9.05. The summed E-state index contributed by atoms with van der Waals surface area (Å²) in [6, 6.07) is 13.8. The summed E-state index contributed by atoms with van der Waals surface area (Å²) < 4.78 is 1.06. The van der Waals surface area contributed by atoms with Gasteiger partial charge in [-0.1, -0.05) is 28.1 Å². The fraction of sp³-hybridized carbons (Fsp3) is 0.143. The van der Waals surface area contributed by atoms with Gasteiger partial charge in [-0.15, -0.1) is 0 Å². The molecule has 1 heterocycles. The second kappa shape index (κ2) is 5.65. The topological polar surface area (TPSA) is 39.9 Å². The minimum Gasteiger partial charge on any atom is -0.354 e. The van der Waals surface area contributed by atoms with Crippen LogP contribution in [0.2, 0.25) is 0 Å². The Morgan fingerprint density at radius 1 is 1.28 bits per heavy atom. The number of halogens is 1. The number of nitrogens with zero attached hydrogens (tertiary/aromatic N) is 3. The summed E-state index contributed by atoms with van der Waals surface area (Å²) in [5.41, 5.74) is 1.77.